The summed E-state index contributed by atoms with van der Waals surface area (Å²) in [5.41, 5.74) is 5.83. The van der Waals surface area contributed by atoms with Crippen molar-refractivity contribution in [3.63, 3.8) is 0 Å². The Morgan fingerprint density at radius 2 is 2.12 bits per heavy atom. The molecule has 1 aromatic rings. The number of rotatable bonds is 7. The van der Waals surface area contributed by atoms with E-state index in [0.717, 1.165) is 18.7 Å². The fourth-order valence-corrected chi connectivity index (χ4v) is 1.99. The van der Waals surface area contributed by atoms with Crippen LogP contribution in [0.3, 0.4) is 0 Å². The zero-order chi connectivity index (χ0) is 12.3. The van der Waals surface area contributed by atoms with Crippen molar-refractivity contribution in [1.29, 1.82) is 0 Å². The normalized spacial score (nSPS) is 19.2. The first-order valence-electron chi connectivity index (χ1n) is 6.76. The quantitative estimate of drug-likeness (QED) is 0.740. The highest BCUT2D eigenvalue weighted by Gasteiger charge is 2.33. The lowest BCUT2D eigenvalue weighted by molar-refractivity contribution is 0.343. The van der Waals surface area contributed by atoms with Crippen LogP contribution in [0.25, 0.3) is 0 Å². The lowest BCUT2D eigenvalue weighted by Gasteiger charge is -2.19. The molecule has 0 amide bonds. The molecule has 4 nitrogen and oxygen atoms in total. The van der Waals surface area contributed by atoms with Crippen LogP contribution < -0.4 is 5.73 Å². The van der Waals surface area contributed by atoms with E-state index in [1.807, 2.05) is 6.92 Å². The van der Waals surface area contributed by atoms with Crippen molar-refractivity contribution in [2.45, 2.75) is 70.3 Å². The molecule has 1 saturated carbocycles. The smallest absolute Gasteiger partial charge is 0.229 e. The second-order valence-corrected chi connectivity index (χ2v) is 5.46. The average molecular weight is 237 g/mol. The van der Waals surface area contributed by atoms with Crippen molar-refractivity contribution >= 4 is 0 Å². The standard InChI is InChI=1S/C13H23N3O/c1-3-4-5-6-9-13(2,14)12-15-11(17-16-12)10-7-8-10/h10H,3-9,14H2,1-2H3. The van der Waals surface area contributed by atoms with Crippen LogP contribution in [0.1, 0.15) is 76.4 Å². The van der Waals surface area contributed by atoms with Gasteiger partial charge in [0.1, 0.15) is 0 Å². The highest BCUT2D eigenvalue weighted by Crippen LogP contribution is 2.39. The fraction of sp³-hybridized carbons (Fsp3) is 0.846. The van der Waals surface area contributed by atoms with Gasteiger partial charge in [0.2, 0.25) is 5.89 Å². The van der Waals surface area contributed by atoms with Crippen LogP contribution >= 0.6 is 0 Å². The molecule has 96 valence electrons. The molecule has 1 aliphatic rings. The predicted octanol–water partition coefficient (Wildman–Crippen LogP) is 3.09. The van der Waals surface area contributed by atoms with Crippen molar-refractivity contribution in [2.24, 2.45) is 5.73 Å². The largest absolute Gasteiger partial charge is 0.339 e. The summed E-state index contributed by atoms with van der Waals surface area (Å²) in [5.74, 6) is 1.97. The average Bonchev–Trinajstić information content (AvgIpc) is 3.02. The van der Waals surface area contributed by atoms with Gasteiger partial charge in [-0.2, -0.15) is 4.98 Å². The van der Waals surface area contributed by atoms with Crippen LogP contribution in [0.4, 0.5) is 0 Å². The van der Waals surface area contributed by atoms with Crippen LogP contribution in [-0.4, -0.2) is 10.1 Å². The topological polar surface area (TPSA) is 64.9 Å². The third-order valence-corrected chi connectivity index (χ3v) is 3.43. The maximum absolute atomic E-state index is 6.27. The van der Waals surface area contributed by atoms with Gasteiger partial charge < -0.3 is 10.3 Å². The number of nitrogens with zero attached hydrogens (tertiary/aromatic N) is 2. The van der Waals surface area contributed by atoms with Gasteiger partial charge in [0, 0.05) is 5.92 Å². The highest BCUT2D eigenvalue weighted by molar-refractivity contribution is 5.07. The molecule has 0 bridgehead atoms. The SMILES string of the molecule is CCCCCCC(C)(N)c1noc(C2CC2)n1. The molecule has 1 aromatic heterocycles. The Hall–Kier alpha value is -0.900. The molecule has 1 unspecified atom stereocenters. The summed E-state index contributed by atoms with van der Waals surface area (Å²) in [6, 6.07) is 0. The van der Waals surface area contributed by atoms with Crippen LogP contribution in [0.15, 0.2) is 4.52 Å². The van der Waals surface area contributed by atoms with Gasteiger partial charge in [0.15, 0.2) is 5.82 Å². The summed E-state index contributed by atoms with van der Waals surface area (Å²) in [6.45, 7) is 4.21. The molecule has 0 aromatic carbocycles. The number of aromatic nitrogens is 2. The van der Waals surface area contributed by atoms with Crippen molar-refractivity contribution < 1.29 is 4.52 Å². The van der Waals surface area contributed by atoms with E-state index in [0.29, 0.717) is 11.7 Å². The molecule has 1 heterocycles. The minimum Gasteiger partial charge on any atom is -0.339 e. The Morgan fingerprint density at radius 3 is 2.76 bits per heavy atom. The molecule has 1 aliphatic carbocycles. The molecule has 2 N–H and O–H groups in total. The fourth-order valence-electron chi connectivity index (χ4n) is 1.99. The molecule has 0 radical (unpaired) electrons. The van der Waals surface area contributed by atoms with Crippen molar-refractivity contribution in [1.82, 2.24) is 10.1 Å². The molecule has 2 rings (SSSR count). The first kappa shape index (κ1) is 12.6. The summed E-state index contributed by atoms with van der Waals surface area (Å²) >= 11 is 0. The minimum absolute atomic E-state index is 0.440. The van der Waals surface area contributed by atoms with E-state index in [4.69, 9.17) is 10.3 Å². The Bertz CT molecular complexity index is 355. The van der Waals surface area contributed by atoms with E-state index in [9.17, 15) is 0 Å². The first-order valence-corrected chi connectivity index (χ1v) is 6.76. The monoisotopic (exact) mass is 237 g/mol. The second kappa shape index (κ2) is 5.17. The zero-order valence-corrected chi connectivity index (χ0v) is 10.9. The molecule has 1 atom stereocenters. The summed E-state index contributed by atoms with van der Waals surface area (Å²) in [5, 5.41) is 4.04. The van der Waals surface area contributed by atoms with Crippen LogP contribution in [0, 0.1) is 0 Å². The lowest BCUT2D eigenvalue weighted by atomic mass is 9.94. The zero-order valence-electron chi connectivity index (χ0n) is 10.9. The highest BCUT2D eigenvalue weighted by atomic mass is 16.5. The predicted molar refractivity (Wildman–Crippen MR) is 66.6 cm³/mol. The van der Waals surface area contributed by atoms with E-state index in [2.05, 4.69) is 17.1 Å². The second-order valence-electron chi connectivity index (χ2n) is 5.46. The van der Waals surface area contributed by atoms with Crippen molar-refractivity contribution in [3.05, 3.63) is 11.7 Å². The molecular weight excluding hydrogens is 214 g/mol. The Morgan fingerprint density at radius 1 is 1.35 bits per heavy atom. The van der Waals surface area contributed by atoms with Crippen molar-refractivity contribution in [3.8, 4) is 0 Å². The van der Waals surface area contributed by atoms with Gasteiger partial charge in [-0.3, -0.25) is 0 Å². The molecule has 1 fully saturated rings. The number of nitrogens with two attached hydrogens (primary N) is 1. The summed E-state index contributed by atoms with van der Waals surface area (Å²) in [4.78, 5) is 4.44. The van der Waals surface area contributed by atoms with E-state index in [1.165, 1.54) is 32.1 Å². The molecule has 0 aliphatic heterocycles. The Kier molecular flexibility index (Phi) is 3.82. The molecule has 0 saturated heterocycles. The van der Waals surface area contributed by atoms with Gasteiger partial charge in [0.25, 0.3) is 0 Å². The molecule has 0 spiro atoms. The van der Waals surface area contributed by atoms with E-state index in [-0.39, 0.29) is 0 Å². The summed E-state index contributed by atoms with van der Waals surface area (Å²) < 4.78 is 5.26. The summed E-state index contributed by atoms with van der Waals surface area (Å²) in [7, 11) is 0. The Balaban J connectivity index is 1.88. The molecule has 4 heteroatoms. The van der Waals surface area contributed by atoms with Crippen LogP contribution in [-0.2, 0) is 5.54 Å². The van der Waals surface area contributed by atoms with Gasteiger partial charge in [-0.25, -0.2) is 0 Å². The van der Waals surface area contributed by atoms with E-state index in [1.54, 1.807) is 0 Å². The maximum atomic E-state index is 6.27. The van der Waals surface area contributed by atoms with Gasteiger partial charge in [-0.05, 0) is 26.2 Å². The molecule has 17 heavy (non-hydrogen) atoms. The van der Waals surface area contributed by atoms with Crippen molar-refractivity contribution in [2.75, 3.05) is 0 Å². The number of hydrogen-bond acceptors (Lipinski definition) is 4. The maximum Gasteiger partial charge on any atom is 0.229 e. The lowest BCUT2D eigenvalue weighted by Crippen LogP contribution is -2.34. The van der Waals surface area contributed by atoms with E-state index < -0.39 is 5.54 Å². The third-order valence-electron chi connectivity index (χ3n) is 3.43. The van der Waals surface area contributed by atoms with Gasteiger partial charge in [-0.15, -0.1) is 0 Å². The van der Waals surface area contributed by atoms with Crippen LogP contribution in [0.5, 0.6) is 0 Å². The molecular formula is C13H23N3O. The summed E-state index contributed by atoms with van der Waals surface area (Å²) in [6.07, 6.45) is 8.17. The number of unbranched alkanes of at least 4 members (excludes halogenated alkanes) is 3. The van der Waals surface area contributed by atoms with Gasteiger partial charge in [-0.1, -0.05) is 37.8 Å². The minimum atomic E-state index is -0.440. The van der Waals surface area contributed by atoms with Crippen LogP contribution in [0.2, 0.25) is 0 Å². The van der Waals surface area contributed by atoms with Gasteiger partial charge in [0.05, 0.1) is 5.54 Å². The van der Waals surface area contributed by atoms with Gasteiger partial charge >= 0.3 is 0 Å². The first-order chi connectivity index (χ1) is 8.13. The Labute approximate surface area is 103 Å². The number of hydrogen-bond donors (Lipinski definition) is 1. The van der Waals surface area contributed by atoms with E-state index >= 15 is 0 Å². The third kappa shape index (κ3) is 3.28.